The van der Waals surface area contributed by atoms with Gasteiger partial charge >= 0.3 is 0 Å². The van der Waals surface area contributed by atoms with Gasteiger partial charge in [-0.25, -0.2) is 13.4 Å². The van der Waals surface area contributed by atoms with Gasteiger partial charge in [0.25, 0.3) is 0 Å². The molecule has 2 N–H and O–H groups in total. The van der Waals surface area contributed by atoms with Crippen molar-refractivity contribution >= 4 is 42.9 Å². The van der Waals surface area contributed by atoms with E-state index in [-0.39, 0.29) is 17.5 Å². The van der Waals surface area contributed by atoms with E-state index >= 15 is 0 Å². The van der Waals surface area contributed by atoms with Gasteiger partial charge in [0.2, 0.25) is 15.9 Å². The number of benzene rings is 2. The van der Waals surface area contributed by atoms with Gasteiger partial charge in [-0.3, -0.25) is 4.79 Å². The van der Waals surface area contributed by atoms with Crippen molar-refractivity contribution in [2.24, 2.45) is 0 Å². The van der Waals surface area contributed by atoms with Crippen LogP contribution in [0.5, 0.6) is 0 Å². The molecule has 2 aromatic carbocycles. The number of fused-ring (bicyclic) bond motifs is 1. The molecule has 3 aromatic rings. The van der Waals surface area contributed by atoms with Crippen LogP contribution in [0.1, 0.15) is 18.8 Å². The minimum Gasteiger partial charge on any atom is -0.345 e. The molecule has 0 aliphatic rings. The third-order valence-corrected chi connectivity index (χ3v) is 6.43. The van der Waals surface area contributed by atoms with E-state index in [4.69, 9.17) is 0 Å². The van der Waals surface area contributed by atoms with E-state index in [1.54, 1.807) is 19.1 Å². The van der Waals surface area contributed by atoms with Gasteiger partial charge in [0, 0.05) is 11.5 Å². The topological polar surface area (TPSA) is 95.2 Å². The fraction of sp³-hybridized carbons (Fsp3) is 0.222. The van der Waals surface area contributed by atoms with Crippen LogP contribution in [0.2, 0.25) is 0 Å². The van der Waals surface area contributed by atoms with Gasteiger partial charge in [0.1, 0.15) is 5.82 Å². The van der Waals surface area contributed by atoms with Crippen LogP contribution in [-0.4, -0.2) is 42.2 Å². The normalized spacial score (nSPS) is 13.0. The lowest BCUT2D eigenvalue weighted by Crippen LogP contribution is -2.39. The molecule has 0 saturated heterocycles. The predicted octanol–water partition coefficient (Wildman–Crippen LogP) is 2.82. The highest BCUT2D eigenvalue weighted by Gasteiger charge is 2.24. The van der Waals surface area contributed by atoms with E-state index in [0.29, 0.717) is 5.82 Å². The molecular weight excluding hydrogens is 432 g/mol. The van der Waals surface area contributed by atoms with Gasteiger partial charge in [-0.1, -0.05) is 28.1 Å². The van der Waals surface area contributed by atoms with Gasteiger partial charge in [-0.2, -0.15) is 4.31 Å². The van der Waals surface area contributed by atoms with Crippen molar-refractivity contribution in [2.75, 3.05) is 13.6 Å². The minimum absolute atomic E-state index is 0.131. The van der Waals surface area contributed by atoms with Gasteiger partial charge in [-0.15, -0.1) is 0 Å². The number of aromatic nitrogens is 2. The molecule has 9 heteroatoms. The Kier molecular flexibility index (Phi) is 5.64. The number of sulfonamides is 1. The lowest BCUT2D eigenvalue weighted by molar-refractivity contribution is -0.121. The second-order valence-electron chi connectivity index (χ2n) is 6.14. The molecule has 0 aliphatic carbocycles. The maximum absolute atomic E-state index is 12.6. The number of aromatic amines is 1. The average molecular weight is 451 g/mol. The van der Waals surface area contributed by atoms with Crippen LogP contribution in [0.3, 0.4) is 0 Å². The Bertz CT molecular complexity index is 1030. The fourth-order valence-electron chi connectivity index (χ4n) is 2.61. The molecule has 1 amide bonds. The molecular formula is C18H19BrN4O3S. The zero-order chi connectivity index (χ0) is 19.6. The Morgan fingerprint density at radius 2 is 1.89 bits per heavy atom. The van der Waals surface area contributed by atoms with Gasteiger partial charge in [0.05, 0.1) is 28.5 Å². The summed E-state index contributed by atoms with van der Waals surface area (Å²) in [5, 5.41) is 2.77. The second-order valence-corrected chi connectivity index (χ2v) is 9.10. The molecule has 0 radical (unpaired) electrons. The van der Waals surface area contributed by atoms with Crippen molar-refractivity contribution in [1.29, 1.82) is 0 Å². The lowest BCUT2D eigenvalue weighted by atomic mass is 10.3. The Morgan fingerprint density at radius 3 is 2.56 bits per heavy atom. The highest BCUT2D eigenvalue weighted by atomic mass is 79.9. The smallest absolute Gasteiger partial charge is 0.243 e. The molecule has 3 rings (SSSR count). The maximum Gasteiger partial charge on any atom is 0.243 e. The molecule has 142 valence electrons. The highest BCUT2D eigenvalue weighted by Crippen LogP contribution is 2.18. The number of rotatable bonds is 6. The lowest BCUT2D eigenvalue weighted by Gasteiger charge is -2.18. The molecule has 27 heavy (non-hydrogen) atoms. The van der Waals surface area contributed by atoms with Crippen LogP contribution in [0, 0.1) is 0 Å². The maximum atomic E-state index is 12.6. The molecule has 0 aliphatic heterocycles. The van der Waals surface area contributed by atoms with Crippen LogP contribution in [-0.2, 0) is 14.8 Å². The monoisotopic (exact) mass is 450 g/mol. The van der Waals surface area contributed by atoms with Crippen LogP contribution in [0.15, 0.2) is 57.9 Å². The Balaban J connectivity index is 1.66. The molecule has 0 saturated carbocycles. The molecule has 7 nitrogen and oxygen atoms in total. The number of nitrogens with one attached hydrogen (secondary N) is 2. The van der Waals surface area contributed by atoms with Crippen molar-refractivity contribution in [3.8, 4) is 0 Å². The quantitative estimate of drug-likeness (QED) is 0.603. The number of hydrogen-bond donors (Lipinski definition) is 2. The number of carbonyl (C=O) groups excluding carboxylic acids is 1. The third-order valence-electron chi connectivity index (χ3n) is 4.08. The van der Waals surface area contributed by atoms with E-state index in [1.807, 2.05) is 24.3 Å². The summed E-state index contributed by atoms with van der Waals surface area (Å²) in [5.74, 6) is 0.203. The number of carbonyl (C=O) groups is 1. The first kappa shape index (κ1) is 19.5. The van der Waals surface area contributed by atoms with Gasteiger partial charge in [0.15, 0.2) is 0 Å². The first-order chi connectivity index (χ1) is 12.8. The third kappa shape index (κ3) is 4.37. The second kappa shape index (κ2) is 7.79. The zero-order valence-electron chi connectivity index (χ0n) is 14.8. The highest BCUT2D eigenvalue weighted by molar-refractivity contribution is 9.10. The molecule has 1 aromatic heterocycles. The summed E-state index contributed by atoms with van der Waals surface area (Å²) in [6, 6.07) is 13.5. The average Bonchev–Trinajstić information content (AvgIpc) is 3.06. The molecule has 1 atom stereocenters. The minimum atomic E-state index is -3.74. The standard InChI is InChI=1S/C18H19BrN4O3S/c1-12(18-21-15-5-3-4-6-16(15)22-18)20-17(24)11-23(2)27(25,26)14-9-7-13(19)8-10-14/h3-10,12H,11H2,1-2H3,(H,20,24)(H,21,22). The number of amides is 1. The largest absolute Gasteiger partial charge is 0.345 e. The number of para-hydroxylation sites is 2. The van der Waals surface area contributed by atoms with Crippen molar-refractivity contribution in [3.63, 3.8) is 0 Å². The van der Waals surface area contributed by atoms with Crippen LogP contribution < -0.4 is 5.32 Å². The van der Waals surface area contributed by atoms with Crippen molar-refractivity contribution in [3.05, 3.63) is 58.8 Å². The summed E-state index contributed by atoms with van der Waals surface area (Å²) in [4.78, 5) is 20.0. The predicted molar refractivity (Wildman–Crippen MR) is 107 cm³/mol. The van der Waals surface area contributed by atoms with Gasteiger partial charge in [-0.05, 0) is 43.3 Å². The first-order valence-corrected chi connectivity index (χ1v) is 10.5. The van der Waals surface area contributed by atoms with Crippen LogP contribution >= 0.6 is 15.9 Å². The molecule has 0 bridgehead atoms. The van der Waals surface area contributed by atoms with E-state index in [0.717, 1.165) is 19.8 Å². The van der Waals surface area contributed by atoms with Crippen molar-refractivity contribution in [2.45, 2.75) is 17.9 Å². The van der Waals surface area contributed by atoms with Crippen molar-refractivity contribution in [1.82, 2.24) is 19.6 Å². The fourth-order valence-corrected chi connectivity index (χ4v) is 4.00. The molecule has 1 unspecified atom stereocenters. The number of nitrogens with zero attached hydrogens (tertiary/aromatic N) is 2. The Labute approximate surface area is 166 Å². The molecule has 0 spiro atoms. The van der Waals surface area contributed by atoms with E-state index in [1.165, 1.54) is 19.2 Å². The number of imidazole rings is 1. The first-order valence-electron chi connectivity index (χ1n) is 8.23. The SMILES string of the molecule is CC(NC(=O)CN(C)S(=O)(=O)c1ccc(Br)cc1)c1nc2ccccc2[nH]1. The number of H-pyrrole nitrogens is 1. The van der Waals surface area contributed by atoms with E-state index in [9.17, 15) is 13.2 Å². The number of likely N-dealkylation sites (N-methyl/N-ethyl adjacent to an activating group) is 1. The molecule has 0 fully saturated rings. The Hall–Kier alpha value is -2.23. The van der Waals surface area contributed by atoms with Gasteiger partial charge < -0.3 is 10.3 Å². The van der Waals surface area contributed by atoms with Crippen LogP contribution in [0.25, 0.3) is 11.0 Å². The van der Waals surface area contributed by atoms with Crippen molar-refractivity contribution < 1.29 is 13.2 Å². The summed E-state index contributed by atoms with van der Waals surface area (Å²) < 4.78 is 26.9. The summed E-state index contributed by atoms with van der Waals surface area (Å²) in [5.41, 5.74) is 1.69. The van der Waals surface area contributed by atoms with E-state index < -0.39 is 15.9 Å². The summed E-state index contributed by atoms with van der Waals surface area (Å²) >= 11 is 3.27. The summed E-state index contributed by atoms with van der Waals surface area (Å²) in [7, 11) is -2.37. The number of halogens is 1. The van der Waals surface area contributed by atoms with E-state index in [2.05, 4.69) is 31.2 Å². The Morgan fingerprint density at radius 1 is 1.22 bits per heavy atom. The summed E-state index contributed by atoms with van der Waals surface area (Å²) in [6.07, 6.45) is 0. The zero-order valence-corrected chi connectivity index (χ0v) is 17.2. The molecule has 1 heterocycles. The van der Waals surface area contributed by atoms with Crippen LogP contribution in [0.4, 0.5) is 0 Å². The number of hydrogen-bond acceptors (Lipinski definition) is 4. The summed E-state index contributed by atoms with van der Waals surface area (Å²) in [6.45, 7) is 1.50.